The lowest BCUT2D eigenvalue weighted by molar-refractivity contribution is 0.117. The van der Waals surface area contributed by atoms with Crippen LogP contribution in [-0.4, -0.2) is 37.7 Å². The van der Waals surface area contributed by atoms with Gasteiger partial charge in [0.25, 0.3) is 0 Å². The van der Waals surface area contributed by atoms with Crippen LogP contribution in [0.5, 0.6) is 0 Å². The van der Waals surface area contributed by atoms with Gasteiger partial charge in [-0.15, -0.1) is 0 Å². The molecule has 3 heteroatoms. The van der Waals surface area contributed by atoms with Crippen molar-refractivity contribution >= 4 is 0 Å². The zero-order valence-electron chi connectivity index (χ0n) is 7.50. The molecule has 0 aliphatic heterocycles. The first kappa shape index (κ1) is 10.4. The van der Waals surface area contributed by atoms with Crippen LogP contribution in [0.3, 0.4) is 0 Å². The molecule has 0 fully saturated rings. The zero-order valence-corrected chi connectivity index (χ0v) is 7.50. The van der Waals surface area contributed by atoms with Crippen LogP contribution in [0.4, 0.5) is 0 Å². The van der Waals surface area contributed by atoms with Gasteiger partial charge in [-0.05, 0) is 20.9 Å². The van der Waals surface area contributed by atoms with Gasteiger partial charge in [-0.3, -0.25) is 4.90 Å². The van der Waals surface area contributed by atoms with Crippen molar-refractivity contribution < 1.29 is 4.74 Å². The van der Waals surface area contributed by atoms with Crippen LogP contribution in [0.25, 0.3) is 0 Å². The van der Waals surface area contributed by atoms with Gasteiger partial charge >= 0.3 is 0 Å². The van der Waals surface area contributed by atoms with Crippen LogP contribution < -0.4 is 0 Å². The fourth-order valence-electron chi connectivity index (χ4n) is 0.645. The van der Waals surface area contributed by atoms with Gasteiger partial charge in [0.2, 0.25) is 0 Å². The van der Waals surface area contributed by atoms with Crippen LogP contribution in [0.2, 0.25) is 0 Å². The van der Waals surface area contributed by atoms with Crippen molar-refractivity contribution in [3.8, 4) is 6.07 Å². The first-order valence-electron chi connectivity index (χ1n) is 3.90. The minimum atomic E-state index is -0.0181. The Morgan fingerprint density at radius 3 is 2.73 bits per heavy atom. The van der Waals surface area contributed by atoms with Crippen LogP contribution in [-0.2, 0) is 4.74 Å². The average Bonchev–Trinajstić information content (AvgIpc) is 2.03. The molecule has 0 saturated heterocycles. The molecule has 0 heterocycles. The molecule has 0 bridgehead atoms. The second-order valence-electron chi connectivity index (χ2n) is 2.48. The smallest absolute Gasteiger partial charge is 0.0947 e. The van der Waals surface area contributed by atoms with Gasteiger partial charge in [-0.25, -0.2) is 0 Å². The highest BCUT2D eigenvalue weighted by Gasteiger charge is 2.05. The molecule has 0 saturated carbocycles. The molecule has 0 aromatic heterocycles. The molecule has 0 spiro atoms. The maximum Gasteiger partial charge on any atom is 0.0947 e. The molecular formula is C8H16N2O. The third-order valence-electron chi connectivity index (χ3n) is 1.64. The number of ether oxygens (including phenoxy) is 1. The predicted octanol–water partition coefficient (Wildman–Crippen LogP) is 0.867. The Balaban J connectivity index is 3.37. The Labute approximate surface area is 68.6 Å². The maximum atomic E-state index is 8.53. The third-order valence-corrected chi connectivity index (χ3v) is 1.64. The van der Waals surface area contributed by atoms with E-state index in [1.165, 1.54) is 0 Å². The van der Waals surface area contributed by atoms with E-state index in [9.17, 15) is 0 Å². The van der Waals surface area contributed by atoms with E-state index in [1.807, 2.05) is 25.8 Å². The van der Waals surface area contributed by atoms with Crippen molar-refractivity contribution in [3.05, 3.63) is 0 Å². The van der Waals surface area contributed by atoms with E-state index in [0.717, 1.165) is 13.2 Å². The van der Waals surface area contributed by atoms with E-state index >= 15 is 0 Å². The minimum absolute atomic E-state index is 0.0181. The van der Waals surface area contributed by atoms with Crippen molar-refractivity contribution in [1.29, 1.82) is 5.26 Å². The number of hydrogen-bond acceptors (Lipinski definition) is 3. The second-order valence-corrected chi connectivity index (χ2v) is 2.48. The first-order valence-corrected chi connectivity index (χ1v) is 3.90. The number of nitrogens with zero attached hydrogens (tertiary/aromatic N) is 2. The van der Waals surface area contributed by atoms with Gasteiger partial charge in [0.15, 0.2) is 0 Å². The number of nitriles is 1. The normalized spacial score (nSPS) is 13.0. The molecule has 0 aromatic rings. The van der Waals surface area contributed by atoms with Gasteiger partial charge < -0.3 is 4.74 Å². The van der Waals surface area contributed by atoms with E-state index in [4.69, 9.17) is 10.00 Å². The molecule has 0 aliphatic carbocycles. The average molecular weight is 156 g/mol. The molecule has 0 aromatic carbocycles. The molecule has 0 rings (SSSR count). The summed E-state index contributed by atoms with van der Waals surface area (Å²) in [5.74, 6) is 0. The molecule has 0 aliphatic rings. The minimum Gasteiger partial charge on any atom is -0.380 e. The highest BCUT2D eigenvalue weighted by atomic mass is 16.5. The standard InChI is InChI=1S/C8H16N2O/c1-4-11-6-5-10(3)8(2)7-9/h8H,4-6H2,1-3H3. The van der Waals surface area contributed by atoms with Crippen LogP contribution in [0.15, 0.2) is 0 Å². The third kappa shape index (κ3) is 4.77. The van der Waals surface area contributed by atoms with E-state index in [0.29, 0.717) is 6.61 Å². The summed E-state index contributed by atoms with van der Waals surface area (Å²) in [6.45, 7) is 6.12. The quantitative estimate of drug-likeness (QED) is 0.554. The highest BCUT2D eigenvalue weighted by molar-refractivity contribution is 4.86. The molecule has 3 nitrogen and oxygen atoms in total. The molecular weight excluding hydrogens is 140 g/mol. The lowest BCUT2D eigenvalue weighted by Gasteiger charge is -2.17. The predicted molar refractivity (Wildman–Crippen MR) is 44.2 cm³/mol. The molecule has 0 amide bonds. The Bertz CT molecular complexity index is 131. The molecule has 0 radical (unpaired) electrons. The summed E-state index contributed by atoms with van der Waals surface area (Å²) in [5, 5.41) is 8.53. The van der Waals surface area contributed by atoms with E-state index in [-0.39, 0.29) is 6.04 Å². The Kier molecular flexibility index (Phi) is 5.81. The largest absolute Gasteiger partial charge is 0.380 e. The topological polar surface area (TPSA) is 36.3 Å². The Morgan fingerprint density at radius 2 is 2.27 bits per heavy atom. The fraction of sp³-hybridized carbons (Fsp3) is 0.875. The number of likely N-dealkylation sites (N-methyl/N-ethyl adjacent to an activating group) is 1. The molecule has 11 heavy (non-hydrogen) atoms. The maximum absolute atomic E-state index is 8.53. The summed E-state index contributed by atoms with van der Waals surface area (Å²) in [5.41, 5.74) is 0. The SMILES string of the molecule is CCOCCN(C)C(C)C#N. The molecule has 0 N–H and O–H groups in total. The Morgan fingerprint density at radius 1 is 1.64 bits per heavy atom. The molecule has 1 atom stereocenters. The summed E-state index contributed by atoms with van der Waals surface area (Å²) in [6.07, 6.45) is 0. The molecule has 1 unspecified atom stereocenters. The van der Waals surface area contributed by atoms with E-state index in [2.05, 4.69) is 6.07 Å². The van der Waals surface area contributed by atoms with Crippen molar-refractivity contribution in [2.75, 3.05) is 26.8 Å². The monoisotopic (exact) mass is 156 g/mol. The van der Waals surface area contributed by atoms with E-state index in [1.54, 1.807) is 0 Å². The van der Waals surface area contributed by atoms with Gasteiger partial charge in [-0.2, -0.15) is 5.26 Å². The lowest BCUT2D eigenvalue weighted by Crippen LogP contribution is -2.30. The van der Waals surface area contributed by atoms with Gasteiger partial charge in [-0.1, -0.05) is 0 Å². The van der Waals surface area contributed by atoms with Gasteiger partial charge in [0, 0.05) is 13.2 Å². The highest BCUT2D eigenvalue weighted by Crippen LogP contribution is 1.92. The zero-order chi connectivity index (χ0) is 8.69. The van der Waals surface area contributed by atoms with E-state index < -0.39 is 0 Å². The van der Waals surface area contributed by atoms with Crippen molar-refractivity contribution in [1.82, 2.24) is 4.90 Å². The van der Waals surface area contributed by atoms with Crippen molar-refractivity contribution in [2.45, 2.75) is 19.9 Å². The summed E-state index contributed by atoms with van der Waals surface area (Å²) < 4.78 is 5.15. The fourth-order valence-corrected chi connectivity index (χ4v) is 0.645. The van der Waals surface area contributed by atoms with Crippen LogP contribution in [0, 0.1) is 11.3 Å². The van der Waals surface area contributed by atoms with Gasteiger partial charge in [0.1, 0.15) is 0 Å². The summed E-state index contributed by atoms with van der Waals surface area (Å²) >= 11 is 0. The first-order chi connectivity index (χ1) is 5.22. The summed E-state index contributed by atoms with van der Waals surface area (Å²) in [7, 11) is 1.92. The van der Waals surface area contributed by atoms with Gasteiger partial charge in [0.05, 0.1) is 18.7 Å². The van der Waals surface area contributed by atoms with Crippen LogP contribution in [0.1, 0.15) is 13.8 Å². The number of hydrogen-bond donors (Lipinski definition) is 0. The second kappa shape index (κ2) is 6.14. The van der Waals surface area contributed by atoms with Crippen molar-refractivity contribution in [3.63, 3.8) is 0 Å². The van der Waals surface area contributed by atoms with Crippen molar-refractivity contribution in [2.24, 2.45) is 0 Å². The summed E-state index contributed by atoms with van der Waals surface area (Å²) in [6, 6.07) is 2.14. The number of rotatable bonds is 5. The summed E-state index contributed by atoms with van der Waals surface area (Å²) in [4.78, 5) is 1.97. The Hall–Kier alpha value is -0.590. The van der Waals surface area contributed by atoms with Crippen LogP contribution >= 0.6 is 0 Å². The molecule has 64 valence electrons. The lowest BCUT2D eigenvalue weighted by atomic mass is 10.3.